The maximum atomic E-state index is 12.9. The lowest BCUT2D eigenvalue weighted by Crippen LogP contribution is -2.30. The second kappa shape index (κ2) is 5.14. The molecule has 21 heavy (non-hydrogen) atoms. The monoisotopic (exact) mass is 300 g/mol. The molecule has 3 heterocycles. The van der Waals surface area contributed by atoms with Crippen LogP contribution in [0.4, 0.5) is 19.0 Å². The highest BCUT2D eigenvalue weighted by molar-refractivity contribution is 5.46. The molecule has 1 aliphatic heterocycles. The molecule has 0 aliphatic carbocycles. The summed E-state index contributed by atoms with van der Waals surface area (Å²) >= 11 is 0. The van der Waals surface area contributed by atoms with Gasteiger partial charge in [0.05, 0.1) is 0 Å². The average molecular weight is 300 g/mol. The van der Waals surface area contributed by atoms with Gasteiger partial charge in [0, 0.05) is 19.6 Å². The molecule has 114 valence electrons. The van der Waals surface area contributed by atoms with Gasteiger partial charge in [-0.2, -0.15) is 17.7 Å². The zero-order valence-corrected chi connectivity index (χ0v) is 11.5. The molecule has 0 aromatic carbocycles. The van der Waals surface area contributed by atoms with Crippen molar-refractivity contribution >= 4 is 11.5 Å². The summed E-state index contributed by atoms with van der Waals surface area (Å²) in [6.07, 6.45) is -3.62. The van der Waals surface area contributed by atoms with Crippen molar-refractivity contribution in [2.24, 2.45) is 0 Å². The highest BCUT2D eigenvalue weighted by atomic mass is 19.4. The molecule has 9 heteroatoms. The Kier molecular flexibility index (Phi) is 3.44. The van der Waals surface area contributed by atoms with Crippen molar-refractivity contribution in [2.45, 2.75) is 12.6 Å². The van der Waals surface area contributed by atoms with Gasteiger partial charge in [0.1, 0.15) is 5.82 Å². The molecule has 0 unspecified atom stereocenters. The number of alkyl halides is 3. The number of anilines is 1. The van der Waals surface area contributed by atoms with Gasteiger partial charge >= 0.3 is 6.18 Å². The molecular weight excluding hydrogens is 285 g/mol. The van der Waals surface area contributed by atoms with Gasteiger partial charge in [-0.05, 0) is 32.1 Å². The lowest BCUT2D eigenvalue weighted by Gasteiger charge is -2.21. The molecule has 3 rings (SSSR count). The fourth-order valence-electron chi connectivity index (χ4n) is 2.40. The van der Waals surface area contributed by atoms with Gasteiger partial charge in [0.25, 0.3) is 5.82 Å². The molecule has 6 nitrogen and oxygen atoms in total. The number of halogens is 3. The molecule has 0 amide bonds. The molecule has 0 saturated carbocycles. The van der Waals surface area contributed by atoms with Crippen LogP contribution in [0, 0.1) is 0 Å². The predicted octanol–water partition coefficient (Wildman–Crippen LogP) is 1.28. The summed E-state index contributed by atoms with van der Waals surface area (Å²) in [6, 6.07) is 3.20. The first-order chi connectivity index (χ1) is 9.95. The second-order valence-corrected chi connectivity index (χ2v) is 5.13. The number of hydrogen-bond acceptors (Lipinski definition) is 5. The van der Waals surface area contributed by atoms with Crippen molar-refractivity contribution in [2.75, 3.05) is 38.1 Å². The van der Waals surface area contributed by atoms with E-state index in [0.29, 0.717) is 5.82 Å². The molecule has 0 bridgehead atoms. The Morgan fingerprint density at radius 2 is 1.86 bits per heavy atom. The quantitative estimate of drug-likeness (QED) is 0.794. The summed E-state index contributed by atoms with van der Waals surface area (Å²) in [5.74, 6) is -0.575. The summed E-state index contributed by atoms with van der Waals surface area (Å²) in [6.45, 7) is 3.33. The molecule has 2 aromatic heterocycles. The number of fused-ring (bicyclic) bond motifs is 1. The minimum absolute atomic E-state index is 0.0954. The van der Waals surface area contributed by atoms with Crippen LogP contribution in [0.3, 0.4) is 0 Å². The van der Waals surface area contributed by atoms with Gasteiger partial charge in [-0.1, -0.05) is 0 Å². The first-order valence-electron chi connectivity index (χ1n) is 6.68. The number of nitrogens with zero attached hydrogens (tertiary/aromatic N) is 6. The molecular formula is C12H15F3N6. The standard InChI is InChI=1S/C12H15F3N6/c1-19-5-2-6-20(8-7-19)10-4-3-9-16-17-11(12(13,14)15)21(9)18-10/h3-4H,2,5-8H2,1H3. The normalized spacial score (nSPS) is 18.2. The van der Waals surface area contributed by atoms with Crippen LogP contribution in [0.25, 0.3) is 5.65 Å². The number of aromatic nitrogens is 4. The van der Waals surface area contributed by atoms with Crippen LogP contribution < -0.4 is 4.90 Å². The van der Waals surface area contributed by atoms with Crippen LogP contribution in [0.5, 0.6) is 0 Å². The predicted molar refractivity (Wildman–Crippen MR) is 70.1 cm³/mol. The van der Waals surface area contributed by atoms with Crippen molar-refractivity contribution < 1.29 is 13.2 Å². The summed E-state index contributed by atoms with van der Waals surface area (Å²) in [5.41, 5.74) is 0.0954. The number of rotatable bonds is 1. The lowest BCUT2D eigenvalue weighted by atomic mass is 10.4. The van der Waals surface area contributed by atoms with Gasteiger partial charge in [-0.25, -0.2) is 0 Å². The van der Waals surface area contributed by atoms with E-state index in [9.17, 15) is 13.2 Å². The third kappa shape index (κ3) is 2.78. The Morgan fingerprint density at radius 1 is 1.05 bits per heavy atom. The molecule has 2 aromatic rings. The fraction of sp³-hybridized carbons (Fsp3) is 0.583. The van der Waals surface area contributed by atoms with Crippen molar-refractivity contribution in [3.8, 4) is 0 Å². The minimum Gasteiger partial charge on any atom is -0.354 e. The van der Waals surface area contributed by atoms with E-state index in [4.69, 9.17) is 0 Å². The Bertz CT molecular complexity index is 637. The SMILES string of the molecule is CN1CCCN(c2ccc3nnc(C(F)(F)F)n3n2)CC1. The summed E-state index contributed by atoms with van der Waals surface area (Å²) < 4.78 is 39.3. The molecule has 0 spiro atoms. The maximum absolute atomic E-state index is 12.9. The fourth-order valence-corrected chi connectivity index (χ4v) is 2.40. The van der Waals surface area contributed by atoms with E-state index in [1.807, 2.05) is 11.9 Å². The maximum Gasteiger partial charge on any atom is 0.453 e. The van der Waals surface area contributed by atoms with Crippen LogP contribution in [0.2, 0.25) is 0 Å². The Hall–Kier alpha value is -1.90. The van der Waals surface area contributed by atoms with Crippen LogP contribution in [-0.2, 0) is 6.18 Å². The van der Waals surface area contributed by atoms with Crippen molar-refractivity contribution in [1.29, 1.82) is 0 Å². The summed E-state index contributed by atoms with van der Waals surface area (Å²) in [7, 11) is 2.03. The van der Waals surface area contributed by atoms with Gasteiger partial charge in [0.2, 0.25) is 0 Å². The van der Waals surface area contributed by atoms with Crippen molar-refractivity contribution in [1.82, 2.24) is 24.7 Å². The van der Waals surface area contributed by atoms with E-state index in [1.54, 1.807) is 6.07 Å². The van der Waals surface area contributed by atoms with Crippen molar-refractivity contribution in [3.63, 3.8) is 0 Å². The first-order valence-corrected chi connectivity index (χ1v) is 6.68. The topological polar surface area (TPSA) is 49.6 Å². The van der Waals surface area contributed by atoms with Gasteiger partial charge in [-0.15, -0.1) is 15.3 Å². The zero-order chi connectivity index (χ0) is 15.0. The van der Waals surface area contributed by atoms with E-state index in [2.05, 4.69) is 20.2 Å². The third-order valence-electron chi connectivity index (χ3n) is 3.55. The Balaban J connectivity index is 1.96. The van der Waals surface area contributed by atoms with Gasteiger partial charge < -0.3 is 9.80 Å². The average Bonchev–Trinajstić information content (AvgIpc) is 2.74. The highest BCUT2D eigenvalue weighted by Gasteiger charge is 2.37. The second-order valence-electron chi connectivity index (χ2n) is 5.13. The number of hydrogen-bond donors (Lipinski definition) is 0. The minimum atomic E-state index is -4.57. The van der Waals surface area contributed by atoms with Gasteiger partial charge in [0.15, 0.2) is 5.65 Å². The lowest BCUT2D eigenvalue weighted by molar-refractivity contribution is -0.146. The van der Waals surface area contributed by atoms with Crippen LogP contribution in [-0.4, -0.2) is 57.9 Å². The molecule has 0 radical (unpaired) electrons. The molecule has 1 aliphatic rings. The van der Waals surface area contributed by atoms with E-state index in [-0.39, 0.29) is 5.65 Å². The third-order valence-corrected chi connectivity index (χ3v) is 3.55. The van der Waals surface area contributed by atoms with E-state index < -0.39 is 12.0 Å². The van der Waals surface area contributed by atoms with E-state index in [0.717, 1.165) is 37.1 Å². The zero-order valence-electron chi connectivity index (χ0n) is 11.5. The van der Waals surface area contributed by atoms with Gasteiger partial charge in [-0.3, -0.25) is 0 Å². The van der Waals surface area contributed by atoms with E-state index >= 15 is 0 Å². The largest absolute Gasteiger partial charge is 0.453 e. The highest BCUT2D eigenvalue weighted by Crippen LogP contribution is 2.28. The van der Waals surface area contributed by atoms with Crippen LogP contribution in [0.15, 0.2) is 12.1 Å². The molecule has 1 fully saturated rings. The first kappa shape index (κ1) is 14.1. The molecule has 1 saturated heterocycles. The van der Waals surface area contributed by atoms with E-state index in [1.165, 1.54) is 6.07 Å². The molecule has 0 atom stereocenters. The van der Waals surface area contributed by atoms with Crippen LogP contribution in [0.1, 0.15) is 12.2 Å². The molecule has 0 N–H and O–H groups in total. The Labute approximate surface area is 119 Å². The van der Waals surface area contributed by atoms with Crippen LogP contribution >= 0.6 is 0 Å². The Morgan fingerprint density at radius 3 is 2.62 bits per heavy atom. The summed E-state index contributed by atoms with van der Waals surface area (Å²) in [4.78, 5) is 4.18. The summed E-state index contributed by atoms with van der Waals surface area (Å²) in [5, 5.41) is 10.8. The van der Waals surface area contributed by atoms with Crippen molar-refractivity contribution in [3.05, 3.63) is 18.0 Å². The number of likely N-dealkylation sites (N-methyl/N-ethyl adjacent to an activating group) is 1. The smallest absolute Gasteiger partial charge is 0.354 e.